The maximum Gasteiger partial charge on any atom is 0.415 e. The maximum absolute atomic E-state index is 11.8. The van der Waals surface area contributed by atoms with Crippen molar-refractivity contribution < 1.29 is 14.3 Å². The van der Waals surface area contributed by atoms with Crippen LogP contribution >= 0.6 is 11.3 Å². The molecule has 104 valence electrons. The van der Waals surface area contributed by atoms with E-state index in [9.17, 15) is 4.79 Å². The van der Waals surface area contributed by atoms with E-state index in [1.54, 1.807) is 17.2 Å². The third-order valence-corrected chi connectivity index (χ3v) is 3.98. The molecule has 6 heteroatoms. The SMILES string of the molecule is Cc1csc(N2C[C@H](COc3ccccn3)OC2=O)c1. The summed E-state index contributed by atoms with van der Waals surface area (Å²) in [7, 11) is 0. The molecule has 1 fully saturated rings. The Morgan fingerprint density at radius 1 is 1.55 bits per heavy atom. The third kappa shape index (κ3) is 2.75. The van der Waals surface area contributed by atoms with Gasteiger partial charge in [0.25, 0.3) is 0 Å². The van der Waals surface area contributed by atoms with E-state index in [1.165, 1.54) is 11.3 Å². The van der Waals surface area contributed by atoms with Crippen molar-refractivity contribution in [3.8, 4) is 5.88 Å². The number of hydrogen-bond acceptors (Lipinski definition) is 5. The van der Waals surface area contributed by atoms with Crippen molar-refractivity contribution in [2.24, 2.45) is 0 Å². The fourth-order valence-electron chi connectivity index (χ4n) is 1.96. The van der Waals surface area contributed by atoms with Crippen molar-refractivity contribution in [2.75, 3.05) is 18.1 Å². The molecule has 20 heavy (non-hydrogen) atoms. The van der Waals surface area contributed by atoms with Crippen LogP contribution in [0.2, 0.25) is 0 Å². The molecule has 2 aromatic rings. The fraction of sp³-hybridized carbons (Fsp3) is 0.286. The molecule has 1 saturated heterocycles. The van der Waals surface area contributed by atoms with Crippen LogP contribution in [0.1, 0.15) is 5.56 Å². The summed E-state index contributed by atoms with van der Waals surface area (Å²) in [5.41, 5.74) is 1.14. The van der Waals surface area contributed by atoms with Gasteiger partial charge in [-0.25, -0.2) is 9.78 Å². The number of amides is 1. The molecule has 0 saturated carbocycles. The molecular formula is C14H14N2O3S. The average molecular weight is 290 g/mol. The highest BCUT2D eigenvalue weighted by molar-refractivity contribution is 7.14. The summed E-state index contributed by atoms with van der Waals surface area (Å²) in [6.07, 6.45) is 1.07. The van der Waals surface area contributed by atoms with Crippen molar-refractivity contribution >= 4 is 22.4 Å². The number of ether oxygens (including phenoxy) is 2. The summed E-state index contributed by atoms with van der Waals surface area (Å²) in [5, 5.41) is 2.92. The van der Waals surface area contributed by atoms with Crippen molar-refractivity contribution in [3.63, 3.8) is 0 Å². The Labute approximate surface area is 120 Å². The number of carbonyl (C=O) groups is 1. The van der Waals surface area contributed by atoms with Gasteiger partial charge in [0, 0.05) is 12.3 Å². The first-order valence-electron chi connectivity index (χ1n) is 6.29. The molecule has 1 aliphatic heterocycles. The number of anilines is 1. The van der Waals surface area contributed by atoms with Crippen molar-refractivity contribution in [2.45, 2.75) is 13.0 Å². The predicted molar refractivity (Wildman–Crippen MR) is 76.4 cm³/mol. The van der Waals surface area contributed by atoms with E-state index in [0.717, 1.165) is 10.6 Å². The van der Waals surface area contributed by atoms with Crippen molar-refractivity contribution in [1.29, 1.82) is 0 Å². The molecule has 0 aliphatic carbocycles. The van der Waals surface area contributed by atoms with Crippen molar-refractivity contribution in [1.82, 2.24) is 4.98 Å². The van der Waals surface area contributed by atoms with Crippen LogP contribution in [-0.4, -0.2) is 30.3 Å². The number of nitrogens with zero attached hydrogens (tertiary/aromatic N) is 2. The Morgan fingerprint density at radius 3 is 3.15 bits per heavy atom. The van der Waals surface area contributed by atoms with Crippen LogP contribution in [0.5, 0.6) is 5.88 Å². The van der Waals surface area contributed by atoms with Crippen LogP contribution in [0.3, 0.4) is 0 Å². The average Bonchev–Trinajstić information content (AvgIpc) is 3.04. The van der Waals surface area contributed by atoms with Gasteiger partial charge < -0.3 is 9.47 Å². The molecule has 2 aromatic heterocycles. The van der Waals surface area contributed by atoms with E-state index < -0.39 is 0 Å². The molecular weight excluding hydrogens is 276 g/mol. The lowest BCUT2D eigenvalue weighted by molar-refractivity contribution is 0.103. The Bertz CT molecular complexity index is 599. The van der Waals surface area contributed by atoms with E-state index in [1.807, 2.05) is 30.5 Å². The predicted octanol–water partition coefficient (Wildman–Crippen LogP) is 2.86. The minimum Gasteiger partial charge on any atom is -0.474 e. The van der Waals surface area contributed by atoms with Gasteiger partial charge in [-0.05, 0) is 30.0 Å². The lowest BCUT2D eigenvalue weighted by Gasteiger charge is -2.10. The van der Waals surface area contributed by atoms with Crippen molar-refractivity contribution in [3.05, 3.63) is 41.4 Å². The zero-order valence-corrected chi connectivity index (χ0v) is 11.8. The van der Waals surface area contributed by atoms with Gasteiger partial charge in [0.1, 0.15) is 11.6 Å². The largest absolute Gasteiger partial charge is 0.474 e. The van der Waals surface area contributed by atoms with E-state index in [0.29, 0.717) is 19.0 Å². The smallest absolute Gasteiger partial charge is 0.415 e. The van der Waals surface area contributed by atoms with Crippen LogP contribution < -0.4 is 9.64 Å². The second kappa shape index (κ2) is 5.50. The monoisotopic (exact) mass is 290 g/mol. The van der Waals surface area contributed by atoms with Gasteiger partial charge in [-0.2, -0.15) is 0 Å². The van der Waals surface area contributed by atoms with Gasteiger partial charge in [0.15, 0.2) is 6.10 Å². The van der Waals surface area contributed by atoms with Gasteiger partial charge in [0.2, 0.25) is 5.88 Å². The van der Waals surface area contributed by atoms with Gasteiger partial charge in [-0.1, -0.05) is 6.07 Å². The number of carbonyl (C=O) groups excluding carboxylic acids is 1. The van der Waals surface area contributed by atoms with Crippen LogP contribution in [-0.2, 0) is 4.74 Å². The van der Waals surface area contributed by atoms with Crippen LogP contribution in [0, 0.1) is 6.92 Å². The normalized spacial score (nSPS) is 18.1. The summed E-state index contributed by atoms with van der Waals surface area (Å²) in [4.78, 5) is 17.6. The number of thiophene rings is 1. The Balaban J connectivity index is 1.59. The molecule has 5 nitrogen and oxygen atoms in total. The second-order valence-electron chi connectivity index (χ2n) is 4.56. The summed E-state index contributed by atoms with van der Waals surface area (Å²) in [6, 6.07) is 7.43. The molecule has 0 radical (unpaired) electrons. The molecule has 0 bridgehead atoms. The van der Waals surface area contributed by atoms with Gasteiger partial charge in [0.05, 0.1) is 6.54 Å². The van der Waals surface area contributed by atoms with Crippen LogP contribution in [0.15, 0.2) is 35.8 Å². The lowest BCUT2D eigenvalue weighted by Crippen LogP contribution is -2.26. The quantitative estimate of drug-likeness (QED) is 0.869. The minimum atomic E-state index is -0.318. The minimum absolute atomic E-state index is 0.271. The molecule has 1 amide bonds. The van der Waals surface area contributed by atoms with Gasteiger partial charge in [-0.3, -0.25) is 4.90 Å². The van der Waals surface area contributed by atoms with Crippen LogP contribution in [0.25, 0.3) is 0 Å². The zero-order valence-electron chi connectivity index (χ0n) is 11.0. The lowest BCUT2D eigenvalue weighted by atomic mass is 10.3. The van der Waals surface area contributed by atoms with Gasteiger partial charge in [-0.15, -0.1) is 11.3 Å². The third-order valence-electron chi connectivity index (χ3n) is 2.91. The molecule has 0 N–H and O–H groups in total. The molecule has 3 rings (SSSR count). The first kappa shape index (κ1) is 12.9. The first-order chi connectivity index (χ1) is 9.72. The fourth-order valence-corrected chi connectivity index (χ4v) is 2.86. The summed E-state index contributed by atoms with van der Waals surface area (Å²) < 4.78 is 10.8. The van der Waals surface area contributed by atoms with E-state index in [4.69, 9.17) is 9.47 Å². The summed E-state index contributed by atoms with van der Waals surface area (Å²) >= 11 is 1.54. The number of cyclic esters (lactones) is 1. The molecule has 1 atom stereocenters. The summed E-state index contributed by atoms with van der Waals surface area (Å²) in [6.45, 7) is 2.82. The highest BCUT2D eigenvalue weighted by atomic mass is 32.1. The van der Waals surface area contributed by atoms with Crippen LogP contribution in [0.4, 0.5) is 9.80 Å². The first-order valence-corrected chi connectivity index (χ1v) is 7.17. The number of aromatic nitrogens is 1. The van der Waals surface area contributed by atoms with E-state index in [-0.39, 0.29) is 12.2 Å². The molecule has 0 aromatic carbocycles. The number of aryl methyl sites for hydroxylation is 1. The number of rotatable bonds is 4. The molecule has 0 unspecified atom stereocenters. The Hall–Kier alpha value is -2.08. The zero-order chi connectivity index (χ0) is 13.9. The standard InChI is InChI=1S/C14H14N2O3S/c1-10-6-13(20-9-10)16-7-11(19-14(16)17)8-18-12-4-2-3-5-15-12/h2-6,9,11H,7-8H2,1H3/t11-/m1/s1. The molecule has 3 heterocycles. The topological polar surface area (TPSA) is 51.7 Å². The second-order valence-corrected chi connectivity index (χ2v) is 5.45. The molecule has 0 spiro atoms. The van der Waals surface area contributed by atoms with E-state index >= 15 is 0 Å². The maximum atomic E-state index is 11.8. The highest BCUT2D eigenvalue weighted by Gasteiger charge is 2.33. The molecule has 1 aliphatic rings. The Morgan fingerprint density at radius 2 is 2.45 bits per heavy atom. The number of pyridine rings is 1. The van der Waals surface area contributed by atoms with Gasteiger partial charge >= 0.3 is 6.09 Å². The summed E-state index contributed by atoms with van der Waals surface area (Å²) in [5.74, 6) is 0.536. The Kier molecular flexibility index (Phi) is 3.56. The number of hydrogen-bond donors (Lipinski definition) is 0. The van der Waals surface area contributed by atoms with E-state index in [2.05, 4.69) is 4.98 Å². The highest BCUT2D eigenvalue weighted by Crippen LogP contribution is 2.28.